The Morgan fingerprint density at radius 2 is 1.90 bits per heavy atom. The molecule has 2 aromatic heterocycles. The molecule has 1 aromatic carbocycles. The summed E-state index contributed by atoms with van der Waals surface area (Å²) in [5.41, 5.74) is 14.3. The zero-order valence-corrected chi connectivity index (χ0v) is 18.2. The number of fused-ring (bicyclic) bond motifs is 1. The second-order valence-corrected chi connectivity index (χ2v) is 8.81. The fourth-order valence-corrected chi connectivity index (χ4v) is 5.14. The average molecular weight is 439 g/mol. The summed E-state index contributed by atoms with van der Waals surface area (Å²) in [7, 11) is 0. The third-order valence-electron chi connectivity index (χ3n) is 5.59. The van der Waals surface area contributed by atoms with Gasteiger partial charge < -0.3 is 21.3 Å². The van der Waals surface area contributed by atoms with Crippen molar-refractivity contribution in [1.82, 2.24) is 9.88 Å². The Bertz CT molecular complexity index is 1210. The van der Waals surface area contributed by atoms with E-state index in [0.717, 1.165) is 5.56 Å². The number of amides is 1. The Morgan fingerprint density at radius 1 is 1.23 bits per heavy atom. The molecule has 4 rings (SSSR count). The Hall–Kier alpha value is -3.38. The Kier molecular flexibility index (Phi) is 5.41. The van der Waals surface area contributed by atoms with Gasteiger partial charge in [-0.15, -0.1) is 11.3 Å². The first-order chi connectivity index (χ1) is 14.8. The summed E-state index contributed by atoms with van der Waals surface area (Å²) in [6.45, 7) is 5.87. The maximum Gasteiger partial charge on any atom is 0.266 e. The van der Waals surface area contributed by atoms with Crippen molar-refractivity contribution in [1.29, 1.82) is 5.26 Å². The fourth-order valence-electron chi connectivity index (χ4n) is 4.05. The van der Waals surface area contributed by atoms with Crippen LogP contribution in [0, 0.1) is 17.1 Å². The van der Waals surface area contributed by atoms with E-state index in [1.807, 2.05) is 18.7 Å². The van der Waals surface area contributed by atoms with E-state index in [1.165, 1.54) is 17.4 Å². The van der Waals surface area contributed by atoms with Crippen molar-refractivity contribution in [2.75, 3.05) is 42.5 Å². The largest absolute Gasteiger partial charge is 0.397 e. The van der Waals surface area contributed by atoms with Crippen molar-refractivity contribution in [2.45, 2.75) is 19.8 Å². The molecule has 0 atom stereocenters. The number of halogens is 1. The number of rotatable bonds is 3. The molecule has 160 valence electrons. The zero-order valence-electron chi connectivity index (χ0n) is 17.4. The molecule has 1 saturated heterocycles. The van der Waals surface area contributed by atoms with Crippen LogP contribution in [0.1, 0.15) is 40.6 Å². The molecule has 9 heteroatoms. The first-order valence-corrected chi connectivity index (χ1v) is 10.8. The Labute approximate surface area is 183 Å². The number of anilines is 3. The van der Waals surface area contributed by atoms with Gasteiger partial charge in [0, 0.05) is 31.6 Å². The van der Waals surface area contributed by atoms with Gasteiger partial charge in [-0.3, -0.25) is 4.79 Å². The molecule has 1 aliphatic rings. The number of thiophene rings is 1. The maximum atomic E-state index is 14.1. The fraction of sp³-hybridized carbons (Fsp3) is 0.318. The molecule has 0 spiro atoms. The monoisotopic (exact) mass is 438 g/mol. The molecule has 1 amide bonds. The van der Waals surface area contributed by atoms with Gasteiger partial charge in [-0.1, -0.05) is 26.0 Å². The maximum absolute atomic E-state index is 14.1. The van der Waals surface area contributed by atoms with Crippen LogP contribution in [0.3, 0.4) is 0 Å². The van der Waals surface area contributed by atoms with Crippen molar-refractivity contribution in [3.8, 4) is 6.07 Å². The smallest absolute Gasteiger partial charge is 0.266 e. The highest BCUT2D eigenvalue weighted by Gasteiger charge is 2.29. The molecular weight excluding hydrogens is 415 g/mol. The van der Waals surface area contributed by atoms with Crippen LogP contribution in [0.4, 0.5) is 21.6 Å². The van der Waals surface area contributed by atoms with Gasteiger partial charge in [-0.25, -0.2) is 9.37 Å². The van der Waals surface area contributed by atoms with Crippen LogP contribution in [0.25, 0.3) is 10.2 Å². The number of nitriles is 1. The number of nitrogen functional groups attached to an aromatic ring is 2. The van der Waals surface area contributed by atoms with E-state index in [-0.39, 0.29) is 23.5 Å². The molecule has 4 N–H and O–H groups in total. The number of nitrogens with two attached hydrogens (primary N) is 2. The lowest BCUT2D eigenvalue weighted by molar-refractivity contribution is 0.0752. The lowest BCUT2D eigenvalue weighted by Crippen LogP contribution is -2.49. The van der Waals surface area contributed by atoms with E-state index >= 15 is 0 Å². The first-order valence-electron chi connectivity index (χ1n) is 10.0. The van der Waals surface area contributed by atoms with Crippen LogP contribution >= 0.6 is 11.3 Å². The Morgan fingerprint density at radius 3 is 2.52 bits per heavy atom. The van der Waals surface area contributed by atoms with Crippen molar-refractivity contribution in [3.05, 3.63) is 46.1 Å². The highest BCUT2D eigenvalue weighted by Crippen LogP contribution is 2.41. The minimum Gasteiger partial charge on any atom is -0.397 e. The Balaban J connectivity index is 1.63. The minimum absolute atomic E-state index is 0.00776. The number of nitrogens with zero attached hydrogens (tertiary/aromatic N) is 4. The molecular formula is C22H23FN6OS. The minimum atomic E-state index is -0.269. The van der Waals surface area contributed by atoms with Gasteiger partial charge in [0.1, 0.15) is 27.4 Å². The zero-order chi connectivity index (χ0) is 22.3. The van der Waals surface area contributed by atoms with Gasteiger partial charge in [-0.2, -0.15) is 5.26 Å². The van der Waals surface area contributed by atoms with Crippen molar-refractivity contribution in [2.24, 2.45) is 0 Å². The van der Waals surface area contributed by atoms with Crippen LogP contribution in [-0.2, 0) is 0 Å². The number of aromatic nitrogens is 1. The van der Waals surface area contributed by atoms with Gasteiger partial charge in [0.05, 0.1) is 16.9 Å². The number of carbonyl (C=O) groups is 1. The second kappa shape index (κ2) is 8.04. The summed E-state index contributed by atoms with van der Waals surface area (Å²) >= 11 is 1.20. The van der Waals surface area contributed by atoms with Crippen LogP contribution in [-0.4, -0.2) is 42.0 Å². The van der Waals surface area contributed by atoms with Crippen molar-refractivity contribution < 1.29 is 9.18 Å². The van der Waals surface area contributed by atoms with E-state index < -0.39 is 0 Å². The number of hydrogen-bond donors (Lipinski definition) is 2. The number of hydrogen-bond acceptors (Lipinski definition) is 7. The number of pyridine rings is 1. The molecule has 0 radical (unpaired) electrons. The van der Waals surface area contributed by atoms with Gasteiger partial charge in [0.15, 0.2) is 0 Å². The molecule has 0 bridgehead atoms. The number of benzene rings is 1. The third kappa shape index (κ3) is 3.53. The molecule has 3 heterocycles. The van der Waals surface area contributed by atoms with Crippen LogP contribution < -0.4 is 16.4 Å². The number of para-hydroxylation sites is 1. The highest BCUT2D eigenvalue weighted by molar-refractivity contribution is 7.21. The van der Waals surface area contributed by atoms with E-state index in [4.69, 9.17) is 11.5 Å². The molecule has 0 unspecified atom stereocenters. The molecule has 0 aliphatic carbocycles. The molecule has 3 aromatic rings. The normalized spacial score (nSPS) is 14.3. The van der Waals surface area contributed by atoms with Gasteiger partial charge in [0.25, 0.3) is 5.91 Å². The summed E-state index contributed by atoms with van der Waals surface area (Å²) in [4.78, 5) is 22.2. The van der Waals surface area contributed by atoms with Crippen molar-refractivity contribution in [3.63, 3.8) is 0 Å². The summed E-state index contributed by atoms with van der Waals surface area (Å²) in [5.74, 6) is -0.307. The quantitative estimate of drug-likeness (QED) is 0.647. The SMILES string of the molecule is CC(C)c1c(C#N)c(N)nc2sc(C(=O)N3CCN(c4ccccc4F)CC3)c(N)c12. The van der Waals surface area contributed by atoms with E-state index in [9.17, 15) is 14.4 Å². The third-order valence-corrected chi connectivity index (χ3v) is 6.67. The van der Waals surface area contributed by atoms with Crippen LogP contribution in [0.5, 0.6) is 0 Å². The molecule has 0 saturated carbocycles. The predicted molar refractivity (Wildman–Crippen MR) is 122 cm³/mol. The predicted octanol–water partition coefficient (Wildman–Crippen LogP) is 3.56. The summed E-state index contributed by atoms with van der Waals surface area (Å²) < 4.78 is 14.1. The molecule has 31 heavy (non-hydrogen) atoms. The molecule has 1 fully saturated rings. The summed E-state index contributed by atoms with van der Waals surface area (Å²) in [5, 5.41) is 10.2. The lowest BCUT2D eigenvalue weighted by atomic mass is 9.95. The van der Waals surface area contributed by atoms with E-state index in [2.05, 4.69) is 11.1 Å². The van der Waals surface area contributed by atoms with E-state index in [1.54, 1.807) is 23.1 Å². The standard InChI is InChI=1S/C22H23FN6OS/c1-12(2)16-13(11-24)20(26)27-21-17(16)18(25)19(31-21)22(30)29-9-7-28(8-10-29)15-6-4-3-5-14(15)23/h3-6,12H,7-10,25H2,1-2H3,(H2,26,27). The van der Waals surface area contributed by atoms with Gasteiger partial charge in [0.2, 0.25) is 0 Å². The molecule has 7 nitrogen and oxygen atoms in total. The number of carbonyl (C=O) groups excluding carboxylic acids is 1. The van der Waals surface area contributed by atoms with Crippen LogP contribution in [0.2, 0.25) is 0 Å². The highest BCUT2D eigenvalue weighted by atomic mass is 32.1. The van der Waals surface area contributed by atoms with Gasteiger partial charge in [-0.05, 0) is 23.6 Å². The lowest BCUT2D eigenvalue weighted by Gasteiger charge is -2.36. The topological polar surface area (TPSA) is 112 Å². The van der Waals surface area contributed by atoms with E-state index in [0.29, 0.717) is 58.2 Å². The van der Waals surface area contributed by atoms with Crippen molar-refractivity contribution >= 4 is 44.7 Å². The molecule has 1 aliphatic heterocycles. The van der Waals surface area contributed by atoms with Gasteiger partial charge >= 0.3 is 0 Å². The second-order valence-electron chi connectivity index (χ2n) is 7.81. The van der Waals surface area contributed by atoms with Crippen LogP contribution in [0.15, 0.2) is 24.3 Å². The first kappa shape index (κ1) is 20.9. The number of piperazine rings is 1. The summed E-state index contributed by atoms with van der Waals surface area (Å²) in [6, 6.07) is 8.76. The average Bonchev–Trinajstić information content (AvgIpc) is 3.08. The summed E-state index contributed by atoms with van der Waals surface area (Å²) in [6.07, 6.45) is 0.